The SMILES string of the molecule is O=C1CC(N(CCc2ccccc2)C(=O)Cc2ccccc2)C(=O)N1c1ccc(-c2nc3ccccc3o2)cc1. The lowest BCUT2D eigenvalue weighted by Crippen LogP contribution is -2.47. The maximum Gasteiger partial charge on any atom is 0.257 e. The number of nitrogens with zero attached hydrogens (tertiary/aromatic N) is 3. The Morgan fingerprint density at radius 2 is 1.48 bits per heavy atom. The molecule has 1 aliphatic heterocycles. The van der Waals surface area contributed by atoms with Gasteiger partial charge in [0, 0.05) is 12.1 Å². The van der Waals surface area contributed by atoms with Crippen molar-refractivity contribution in [2.45, 2.75) is 25.3 Å². The van der Waals surface area contributed by atoms with Crippen LogP contribution in [-0.4, -0.2) is 40.2 Å². The van der Waals surface area contributed by atoms with Crippen molar-refractivity contribution in [3.8, 4) is 11.5 Å². The fourth-order valence-electron chi connectivity index (χ4n) is 5.10. The van der Waals surface area contributed by atoms with E-state index in [1.165, 1.54) is 4.90 Å². The van der Waals surface area contributed by atoms with Crippen molar-refractivity contribution in [2.24, 2.45) is 0 Å². The molecular weight excluding hydrogens is 502 g/mol. The number of fused-ring (bicyclic) bond motifs is 1. The summed E-state index contributed by atoms with van der Waals surface area (Å²) in [6.07, 6.45) is 0.687. The molecule has 5 aromatic rings. The summed E-state index contributed by atoms with van der Waals surface area (Å²) >= 11 is 0. The number of anilines is 1. The second kappa shape index (κ2) is 11.0. The molecule has 2 heterocycles. The van der Waals surface area contributed by atoms with Crippen LogP contribution in [0.5, 0.6) is 0 Å². The number of amides is 3. The Kier molecular flexibility index (Phi) is 6.93. The van der Waals surface area contributed by atoms with E-state index in [1.54, 1.807) is 29.2 Å². The zero-order valence-corrected chi connectivity index (χ0v) is 21.8. The highest BCUT2D eigenvalue weighted by atomic mass is 16.3. The zero-order valence-electron chi connectivity index (χ0n) is 21.8. The van der Waals surface area contributed by atoms with Gasteiger partial charge >= 0.3 is 0 Å². The van der Waals surface area contributed by atoms with E-state index in [4.69, 9.17) is 4.42 Å². The number of hydrogen-bond donors (Lipinski definition) is 0. The average molecular weight is 530 g/mol. The average Bonchev–Trinajstić information content (AvgIpc) is 3.55. The van der Waals surface area contributed by atoms with Gasteiger partial charge in [-0.2, -0.15) is 0 Å². The summed E-state index contributed by atoms with van der Waals surface area (Å²) in [7, 11) is 0. The summed E-state index contributed by atoms with van der Waals surface area (Å²) in [6, 6.07) is 32.9. The molecule has 7 nitrogen and oxygen atoms in total. The van der Waals surface area contributed by atoms with Gasteiger partial charge < -0.3 is 9.32 Å². The first-order valence-electron chi connectivity index (χ1n) is 13.3. The Morgan fingerprint density at radius 1 is 0.825 bits per heavy atom. The predicted molar refractivity (Wildman–Crippen MR) is 152 cm³/mol. The van der Waals surface area contributed by atoms with Gasteiger partial charge in [-0.15, -0.1) is 0 Å². The standard InChI is InChI=1S/C33H27N3O4/c37-30(21-24-11-5-2-6-12-24)35(20-19-23-9-3-1-4-10-23)28-22-31(38)36(33(28)39)26-17-15-25(16-18-26)32-34-27-13-7-8-14-29(27)40-32/h1-18,28H,19-22H2. The van der Waals surface area contributed by atoms with Gasteiger partial charge in [-0.1, -0.05) is 72.8 Å². The summed E-state index contributed by atoms with van der Waals surface area (Å²) in [5.41, 5.74) is 4.55. The molecular formula is C33H27N3O4. The molecule has 1 aromatic heterocycles. The Hall–Kier alpha value is -5.04. The molecule has 1 saturated heterocycles. The van der Waals surface area contributed by atoms with E-state index >= 15 is 0 Å². The first kappa shape index (κ1) is 25.2. The van der Waals surface area contributed by atoms with Crippen LogP contribution in [0.3, 0.4) is 0 Å². The zero-order chi connectivity index (χ0) is 27.5. The van der Waals surface area contributed by atoms with Crippen molar-refractivity contribution < 1.29 is 18.8 Å². The molecule has 0 spiro atoms. The monoisotopic (exact) mass is 529 g/mol. The molecule has 3 amide bonds. The van der Waals surface area contributed by atoms with E-state index in [9.17, 15) is 14.4 Å². The maximum atomic E-state index is 13.7. The number of benzene rings is 4. The minimum absolute atomic E-state index is 0.0545. The molecule has 7 heteroatoms. The topological polar surface area (TPSA) is 83.7 Å². The highest BCUT2D eigenvalue weighted by Gasteiger charge is 2.44. The minimum atomic E-state index is -0.857. The van der Waals surface area contributed by atoms with Crippen LogP contribution in [0.4, 0.5) is 5.69 Å². The second-order valence-corrected chi connectivity index (χ2v) is 9.81. The van der Waals surface area contributed by atoms with Gasteiger partial charge in [-0.25, -0.2) is 9.88 Å². The Morgan fingerprint density at radius 3 is 2.17 bits per heavy atom. The normalized spacial score (nSPS) is 15.1. The molecule has 1 unspecified atom stereocenters. The summed E-state index contributed by atoms with van der Waals surface area (Å²) in [5.74, 6) is -0.444. The number of imide groups is 1. The summed E-state index contributed by atoms with van der Waals surface area (Å²) < 4.78 is 5.85. The van der Waals surface area contributed by atoms with Crippen LogP contribution in [0.25, 0.3) is 22.6 Å². The smallest absolute Gasteiger partial charge is 0.257 e. The summed E-state index contributed by atoms with van der Waals surface area (Å²) in [5, 5.41) is 0. The number of carbonyl (C=O) groups excluding carboxylic acids is 3. The predicted octanol–water partition coefficient (Wildman–Crippen LogP) is 5.44. The Bertz CT molecular complexity index is 1630. The third-order valence-corrected chi connectivity index (χ3v) is 7.17. The largest absolute Gasteiger partial charge is 0.436 e. The molecule has 0 radical (unpaired) electrons. The fourth-order valence-corrected chi connectivity index (χ4v) is 5.10. The van der Waals surface area contributed by atoms with Crippen molar-refractivity contribution in [3.63, 3.8) is 0 Å². The number of aromatic nitrogens is 1. The van der Waals surface area contributed by atoms with Crippen LogP contribution >= 0.6 is 0 Å². The summed E-state index contributed by atoms with van der Waals surface area (Å²) in [4.78, 5) is 47.6. The Labute approximate surface area is 231 Å². The van der Waals surface area contributed by atoms with E-state index in [-0.39, 0.29) is 24.7 Å². The third-order valence-electron chi connectivity index (χ3n) is 7.17. The highest BCUT2D eigenvalue weighted by Crippen LogP contribution is 2.30. The van der Waals surface area contributed by atoms with E-state index < -0.39 is 11.9 Å². The van der Waals surface area contributed by atoms with Gasteiger partial charge in [0.1, 0.15) is 11.6 Å². The van der Waals surface area contributed by atoms with Crippen molar-refractivity contribution in [3.05, 3.63) is 120 Å². The van der Waals surface area contributed by atoms with Crippen molar-refractivity contribution in [1.29, 1.82) is 0 Å². The fraction of sp³-hybridized carbons (Fsp3) is 0.152. The number of rotatable bonds is 8. The van der Waals surface area contributed by atoms with Crippen molar-refractivity contribution in [2.75, 3.05) is 11.4 Å². The molecule has 1 aliphatic rings. The van der Waals surface area contributed by atoms with Crippen molar-refractivity contribution in [1.82, 2.24) is 9.88 Å². The first-order chi connectivity index (χ1) is 19.6. The third kappa shape index (κ3) is 5.14. The number of hydrogen-bond acceptors (Lipinski definition) is 5. The molecule has 1 fully saturated rings. The van der Waals surface area contributed by atoms with Gasteiger partial charge in [0.25, 0.3) is 5.91 Å². The molecule has 1 atom stereocenters. The molecule has 0 N–H and O–H groups in total. The lowest BCUT2D eigenvalue weighted by Gasteiger charge is -2.28. The van der Waals surface area contributed by atoms with Gasteiger partial charge in [0.05, 0.1) is 18.5 Å². The lowest BCUT2D eigenvalue weighted by atomic mass is 10.1. The number of para-hydroxylation sites is 2. The highest BCUT2D eigenvalue weighted by molar-refractivity contribution is 6.23. The quantitative estimate of drug-likeness (QED) is 0.250. The molecule has 40 heavy (non-hydrogen) atoms. The Balaban J connectivity index is 1.23. The van der Waals surface area contributed by atoms with Crippen LogP contribution in [0.1, 0.15) is 17.5 Å². The van der Waals surface area contributed by atoms with Gasteiger partial charge in [-0.3, -0.25) is 14.4 Å². The molecule has 0 bridgehead atoms. The van der Waals surface area contributed by atoms with Gasteiger partial charge in [-0.05, 0) is 53.9 Å². The van der Waals surface area contributed by atoms with Crippen LogP contribution in [0.2, 0.25) is 0 Å². The maximum absolute atomic E-state index is 13.7. The summed E-state index contributed by atoms with van der Waals surface area (Å²) in [6.45, 7) is 0.337. The van der Waals surface area contributed by atoms with Crippen molar-refractivity contribution >= 4 is 34.5 Å². The van der Waals surface area contributed by atoms with E-state index in [0.717, 1.165) is 22.2 Å². The van der Waals surface area contributed by atoms with Gasteiger partial charge in [0.2, 0.25) is 17.7 Å². The molecule has 0 saturated carbocycles. The van der Waals surface area contributed by atoms with Gasteiger partial charge in [0.15, 0.2) is 5.58 Å². The van der Waals surface area contributed by atoms with E-state index in [0.29, 0.717) is 30.1 Å². The number of carbonyl (C=O) groups is 3. The van der Waals surface area contributed by atoms with Crippen LogP contribution in [0, 0.1) is 0 Å². The van der Waals surface area contributed by atoms with Crippen LogP contribution in [0.15, 0.2) is 114 Å². The molecule has 0 aliphatic carbocycles. The second-order valence-electron chi connectivity index (χ2n) is 9.81. The van der Waals surface area contributed by atoms with Crippen LogP contribution in [-0.2, 0) is 27.2 Å². The minimum Gasteiger partial charge on any atom is -0.436 e. The molecule has 4 aromatic carbocycles. The lowest BCUT2D eigenvalue weighted by molar-refractivity contribution is -0.137. The molecule has 6 rings (SSSR count). The number of oxazole rings is 1. The van der Waals surface area contributed by atoms with Crippen LogP contribution < -0.4 is 4.90 Å². The molecule has 198 valence electrons. The van der Waals surface area contributed by atoms with E-state index in [1.807, 2.05) is 84.9 Å². The first-order valence-corrected chi connectivity index (χ1v) is 13.3. The van der Waals surface area contributed by atoms with E-state index in [2.05, 4.69) is 4.98 Å².